The molecule has 4 nitrogen and oxygen atoms in total. The van der Waals surface area contributed by atoms with Crippen molar-refractivity contribution < 1.29 is 14.3 Å². The molecule has 0 heterocycles. The summed E-state index contributed by atoms with van der Waals surface area (Å²) < 4.78 is 10.3. The van der Waals surface area contributed by atoms with Crippen LogP contribution in [0, 0.1) is 0 Å². The lowest BCUT2D eigenvalue weighted by atomic mass is 9.94. The molecule has 0 aromatic heterocycles. The summed E-state index contributed by atoms with van der Waals surface area (Å²) in [4.78, 5) is 12.3. The van der Waals surface area contributed by atoms with Crippen LogP contribution >= 0.6 is 0 Å². The van der Waals surface area contributed by atoms with Crippen molar-refractivity contribution in [3.8, 4) is 11.5 Å². The van der Waals surface area contributed by atoms with E-state index in [2.05, 4.69) is 5.32 Å². The van der Waals surface area contributed by atoms with Gasteiger partial charge in [0, 0.05) is 0 Å². The number of ether oxygens (including phenoxy) is 2. The van der Waals surface area contributed by atoms with Crippen molar-refractivity contribution in [2.75, 3.05) is 14.2 Å². The summed E-state index contributed by atoms with van der Waals surface area (Å²) in [5, 5.41) is 3.08. The van der Waals surface area contributed by atoms with Crippen LogP contribution in [0.1, 0.15) is 25.0 Å². The SMILES string of the molecule is COc1ccc(CC(=O)NC(C)(C)c2ccc(OC)cc2)cc1. The Morgan fingerprint density at radius 2 is 1.39 bits per heavy atom. The number of carbonyl (C=O) groups excluding carboxylic acids is 1. The van der Waals surface area contributed by atoms with Gasteiger partial charge >= 0.3 is 0 Å². The molecule has 0 fully saturated rings. The zero-order chi connectivity index (χ0) is 16.9. The average Bonchev–Trinajstić information content (AvgIpc) is 2.55. The second kappa shape index (κ2) is 7.18. The van der Waals surface area contributed by atoms with Crippen molar-refractivity contribution in [1.29, 1.82) is 0 Å². The van der Waals surface area contributed by atoms with Crippen LogP contribution in [0.4, 0.5) is 0 Å². The molecule has 4 heteroatoms. The van der Waals surface area contributed by atoms with Gasteiger partial charge in [0.05, 0.1) is 26.2 Å². The monoisotopic (exact) mass is 313 g/mol. The topological polar surface area (TPSA) is 47.6 Å². The van der Waals surface area contributed by atoms with E-state index in [9.17, 15) is 4.79 Å². The fourth-order valence-electron chi connectivity index (χ4n) is 2.40. The van der Waals surface area contributed by atoms with Crippen LogP contribution in [0.3, 0.4) is 0 Å². The summed E-state index contributed by atoms with van der Waals surface area (Å²) >= 11 is 0. The number of nitrogens with one attached hydrogen (secondary N) is 1. The molecule has 23 heavy (non-hydrogen) atoms. The Morgan fingerprint density at radius 3 is 1.87 bits per heavy atom. The number of benzene rings is 2. The quantitative estimate of drug-likeness (QED) is 0.890. The summed E-state index contributed by atoms with van der Waals surface area (Å²) in [5.41, 5.74) is 1.53. The molecule has 0 saturated carbocycles. The molecule has 0 unspecified atom stereocenters. The first-order valence-corrected chi connectivity index (χ1v) is 7.53. The molecule has 0 aliphatic carbocycles. The Labute approximate surface area is 137 Å². The lowest BCUT2D eigenvalue weighted by molar-refractivity contribution is -0.122. The van der Waals surface area contributed by atoms with Gasteiger partial charge in [0.15, 0.2) is 0 Å². The van der Waals surface area contributed by atoms with Gasteiger partial charge in [0.1, 0.15) is 11.5 Å². The van der Waals surface area contributed by atoms with E-state index in [-0.39, 0.29) is 5.91 Å². The molecule has 0 saturated heterocycles. The van der Waals surface area contributed by atoms with Gasteiger partial charge in [0.25, 0.3) is 0 Å². The van der Waals surface area contributed by atoms with Crippen LogP contribution in [0.25, 0.3) is 0 Å². The van der Waals surface area contributed by atoms with E-state index < -0.39 is 5.54 Å². The zero-order valence-corrected chi connectivity index (χ0v) is 14.1. The summed E-state index contributed by atoms with van der Waals surface area (Å²) in [7, 11) is 3.26. The maximum absolute atomic E-state index is 12.3. The lowest BCUT2D eigenvalue weighted by Crippen LogP contribution is -2.41. The normalized spacial score (nSPS) is 11.0. The van der Waals surface area contributed by atoms with Gasteiger partial charge in [0.2, 0.25) is 5.91 Å². The van der Waals surface area contributed by atoms with Gasteiger partial charge in [-0.2, -0.15) is 0 Å². The first-order chi connectivity index (χ1) is 10.9. The van der Waals surface area contributed by atoms with Crippen molar-refractivity contribution in [2.45, 2.75) is 25.8 Å². The Morgan fingerprint density at radius 1 is 0.913 bits per heavy atom. The van der Waals surface area contributed by atoms with Crippen molar-refractivity contribution in [1.82, 2.24) is 5.32 Å². The highest BCUT2D eigenvalue weighted by atomic mass is 16.5. The third-order valence-corrected chi connectivity index (χ3v) is 3.79. The fourth-order valence-corrected chi connectivity index (χ4v) is 2.40. The van der Waals surface area contributed by atoms with Crippen LogP contribution in [0.15, 0.2) is 48.5 Å². The van der Waals surface area contributed by atoms with Crippen molar-refractivity contribution in [2.24, 2.45) is 0 Å². The molecule has 0 aliphatic heterocycles. The van der Waals surface area contributed by atoms with Crippen molar-refractivity contribution in [3.05, 3.63) is 59.7 Å². The molecule has 2 aromatic carbocycles. The van der Waals surface area contributed by atoms with Gasteiger partial charge < -0.3 is 14.8 Å². The third-order valence-electron chi connectivity index (χ3n) is 3.79. The molecule has 0 radical (unpaired) electrons. The standard InChI is InChI=1S/C19H23NO3/c1-19(2,15-7-11-17(23-4)12-8-15)20-18(21)13-14-5-9-16(22-3)10-6-14/h5-12H,13H2,1-4H3,(H,20,21). The Hall–Kier alpha value is -2.49. The molecule has 122 valence electrons. The minimum absolute atomic E-state index is 0.0176. The Bertz CT molecular complexity index is 645. The van der Waals surface area contributed by atoms with Crippen LogP contribution in [-0.2, 0) is 16.8 Å². The number of amides is 1. The van der Waals surface area contributed by atoms with Gasteiger partial charge in [-0.05, 0) is 49.2 Å². The predicted octanol–water partition coefficient (Wildman–Crippen LogP) is 3.30. The number of carbonyl (C=O) groups is 1. The van der Waals surface area contributed by atoms with Crippen molar-refractivity contribution in [3.63, 3.8) is 0 Å². The van der Waals surface area contributed by atoms with Crippen molar-refractivity contribution >= 4 is 5.91 Å². The number of rotatable bonds is 6. The number of hydrogen-bond donors (Lipinski definition) is 1. The lowest BCUT2D eigenvalue weighted by Gasteiger charge is -2.27. The van der Waals surface area contributed by atoms with E-state index in [1.54, 1.807) is 14.2 Å². The minimum Gasteiger partial charge on any atom is -0.497 e. The van der Waals surface area contributed by atoms with Gasteiger partial charge in [-0.25, -0.2) is 0 Å². The molecular formula is C19H23NO3. The maximum Gasteiger partial charge on any atom is 0.225 e. The van der Waals surface area contributed by atoms with Crippen LogP contribution in [-0.4, -0.2) is 20.1 Å². The highest BCUT2D eigenvalue weighted by Gasteiger charge is 2.22. The predicted molar refractivity (Wildman–Crippen MR) is 90.9 cm³/mol. The van der Waals surface area contributed by atoms with Gasteiger partial charge in [-0.1, -0.05) is 24.3 Å². The molecule has 1 amide bonds. The summed E-state index contributed by atoms with van der Waals surface area (Å²) in [6.45, 7) is 3.97. The number of hydrogen-bond acceptors (Lipinski definition) is 3. The molecule has 0 aliphatic rings. The van der Waals surface area contributed by atoms with Crippen LogP contribution < -0.4 is 14.8 Å². The average molecular weight is 313 g/mol. The summed E-state index contributed by atoms with van der Waals surface area (Å²) in [6, 6.07) is 15.2. The zero-order valence-electron chi connectivity index (χ0n) is 14.1. The highest BCUT2D eigenvalue weighted by Crippen LogP contribution is 2.23. The molecule has 0 bridgehead atoms. The van der Waals surface area contributed by atoms with E-state index in [0.717, 1.165) is 22.6 Å². The van der Waals surface area contributed by atoms with Crippen LogP contribution in [0.2, 0.25) is 0 Å². The van der Waals surface area contributed by atoms with Crippen LogP contribution in [0.5, 0.6) is 11.5 Å². The summed E-state index contributed by atoms with van der Waals surface area (Å²) in [6.07, 6.45) is 0.337. The van der Waals surface area contributed by atoms with E-state index in [1.807, 2.05) is 62.4 Å². The highest BCUT2D eigenvalue weighted by molar-refractivity contribution is 5.79. The van der Waals surface area contributed by atoms with E-state index in [4.69, 9.17) is 9.47 Å². The van der Waals surface area contributed by atoms with E-state index in [0.29, 0.717) is 6.42 Å². The largest absolute Gasteiger partial charge is 0.497 e. The number of methoxy groups -OCH3 is 2. The minimum atomic E-state index is -0.449. The first-order valence-electron chi connectivity index (χ1n) is 7.53. The molecule has 2 rings (SSSR count). The Kier molecular flexibility index (Phi) is 5.27. The van der Waals surface area contributed by atoms with E-state index in [1.165, 1.54) is 0 Å². The second-order valence-electron chi connectivity index (χ2n) is 5.93. The molecule has 2 aromatic rings. The molecule has 0 spiro atoms. The third kappa shape index (κ3) is 4.49. The van der Waals surface area contributed by atoms with Gasteiger partial charge in [-0.15, -0.1) is 0 Å². The maximum atomic E-state index is 12.3. The smallest absolute Gasteiger partial charge is 0.225 e. The van der Waals surface area contributed by atoms with E-state index >= 15 is 0 Å². The molecule has 1 N–H and O–H groups in total. The second-order valence-corrected chi connectivity index (χ2v) is 5.93. The summed E-state index contributed by atoms with van der Waals surface area (Å²) in [5.74, 6) is 1.57. The molecular weight excluding hydrogens is 290 g/mol. The fraction of sp³-hybridized carbons (Fsp3) is 0.316. The van der Waals surface area contributed by atoms with Gasteiger partial charge in [-0.3, -0.25) is 4.79 Å². The Balaban J connectivity index is 2.01. The molecule has 0 atom stereocenters. The first kappa shape index (κ1) is 16.9.